The Bertz CT molecular complexity index is 1350. The minimum Gasteiger partial charge on any atom is -0.384 e. The number of nitrogens with one attached hydrogen (secondary N) is 3. The molecule has 1 saturated heterocycles. The average Bonchev–Trinajstić information content (AvgIpc) is 3.34. The first-order valence-electron chi connectivity index (χ1n) is 11.4. The quantitative estimate of drug-likeness (QED) is 0.321. The molecule has 0 aliphatic carbocycles. The van der Waals surface area contributed by atoms with Gasteiger partial charge < -0.3 is 10.6 Å². The third-order valence-electron chi connectivity index (χ3n) is 6.04. The van der Waals surface area contributed by atoms with Crippen LogP contribution in [-0.2, 0) is 9.59 Å². The topological polar surface area (TPSA) is 151 Å². The fraction of sp³-hybridized carbons (Fsp3) is 0.348. The van der Waals surface area contributed by atoms with E-state index in [1.807, 2.05) is 13.0 Å². The fourth-order valence-electron chi connectivity index (χ4n) is 4.38. The normalized spacial score (nSPS) is 17.6. The van der Waals surface area contributed by atoms with Crippen molar-refractivity contribution >= 4 is 40.9 Å². The van der Waals surface area contributed by atoms with Crippen molar-refractivity contribution < 1.29 is 19.2 Å². The second kappa shape index (κ2) is 9.12. The number of amides is 4. The monoisotopic (exact) mass is 476 g/mol. The van der Waals surface area contributed by atoms with Crippen LogP contribution < -0.4 is 16.0 Å². The number of benzene rings is 1. The number of nitrogens with zero attached hydrogens (tertiary/aromatic N) is 5. The summed E-state index contributed by atoms with van der Waals surface area (Å²) in [6.45, 7) is 3.10. The Morgan fingerprint density at radius 3 is 2.66 bits per heavy atom. The van der Waals surface area contributed by atoms with Gasteiger partial charge in [-0.05, 0) is 44.4 Å². The Balaban J connectivity index is 1.18. The standard InChI is InChI=1S/C23H24N8O4/c1-13-27-23-26-12-9-17(31(23)29-13)25-11-3-2-10-24-15-6-4-5-14-19(15)22(35)30(21(14)34)16-7-8-18(32)28-20(16)33/h4-6,9,12,16,24-25H,2-3,7-8,10-11H2,1H3,(H,28,32,33). The first-order valence-corrected chi connectivity index (χ1v) is 11.4. The van der Waals surface area contributed by atoms with Crippen LogP contribution in [0.2, 0.25) is 0 Å². The van der Waals surface area contributed by atoms with Crippen molar-refractivity contribution in [3.05, 3.63) is 47.4 Å². The van der Waals surface area contributed by atoms with E-state index in [1.165, 1.54) is 0 Å². The first-order chi connectivity index (χ1) is 16.9. The molecule has 4 amide bonds. The van der Waals surface area contributed by atoms with Crippen molar-refractivity contribution in [2.24, 2.45) is 0 Å². The maximum Gasteiger partial charge on any atom is 0.264 e. The molecule has 12 heteroatoms. The summed E-state index contributed by atoms with van der Waals surface area (Å²) >= 11 is 0. The minimum atomic E-state index is -0.979. The largest absolute Gasteiger partial charge is 0.384 e. The summed E-state index contributed by atoms with van der Waals surface area (Å²) < 4.78 is 1.66. The molecule has 5 rings (SSSR count). The van der Waals surface area contributed by atoms with Crippen LogP contribution in [0.25, 0.3) is 5.78 Å². The van der Waals surface area contributed by atoms with Crippen molar-refractivity contribution in [1.82, 2.24) is 29.8 Å². The van der Waals surface area contributed by atoms with Gasteiger partial charge in [-0.2, -0.15) is 9.50 Å². The lowest BCUT2D eigenvalue weighted by atomic mass is 10.0. The number of carbonyl (C=O) groups excluding carboxylic acids is 4. The van der Waals surface area contributed by atoms with E-state index in [4.69, 9.17) is 0 Å². The summed E-state index contributed by atoms with van der Waals surface area (Å²) in [5.74, 6) is -0.0569. The molecule has 0 spiro atoms. The van der Waals surface area contributed by atoms with Gasteiger partial charge in [0.25, 0.3) is 17.6 Å². The predicted molar refractivity (Wildman–Crippen MR) is 125 cm³/mol. The molecule has 180 valence electrons. The summed E-state index contributed by atoms with van der Waals surface area (Å²) in [7, 11) is 0. The Morgan fingerprint density at radius 1 is 1.06 bits per heavy atom. The number of piperidine rings is 1. The smallest absolute Gasteiger partial charge is 0.264 e. The van der Waals surface area contributed by atoms with E-state index in [0.717, 1.165) is 23.6 Å². The van der Waals surface area contributed by atoms with Crippen LogP contribution in [0.15, 0.2) is 30.5 Å². The van der Waals surface area contributed by atoms with Gasteiger partial charge in [0.15, 0.2) is 0 Å². The number of rotatable bonds is 8. The Kier molecular flexibility index (Phi) is 5.85. The number of hydrogen-bond donors (Lipinski definition) is 3. The Labute approximate surface area is 200 Å². The second-order valence-corrected chi connectivity index (χ2v) is 8.44. The summed E-state index contributed by atoms with van der Waals surface area (Å²) in [6.07, 6.45) is 3.54. The van der Waals surface area contributed by atoms with E-state index in [1.54, 1.807) is 28.9 Å². The lowest BCUT2D eigenvalue weighted by Gasteiger charge is -2.27. The van der Waals surface area contributed by atoms with Crippen LogP contribution in [0, 0.1) is 6.92 Å². The zero-order chi connectivity index (χ0) is 24.5. The number of fused-ring (bicyclic) bond motifs is 2. The van der Waals surface area contributed by atoms with Gasteiger partial charge in [-0.1, -0.05) is 6.07 Å². The molecule has 1 fully saturated rings. The molecular formula is C23H24N8O4. The molecule has 2 aliphatic rings. The second-order valence-electron chi connectivity index (χ2n) is 8.44. The lowest BCUT2D eigenvalue weighted by molar-refractivity contribution is -0.136. The van der Waals surface area contributed by atoms with Gasteiger partial charge in [-0.3, -0.25) is 29.4 Å². The molecule has 1 unspecified atom stereocenters. The van der Waals surface area contributed by atoms with Crippen molar-refractivity contribution in [3.8, 4) is 0 Å². The highest BCUT2D eigenvalue weighted by Gasteiger charge is 2.45. The van der Waals surface area contributed by atoms with E-state index in [2.05, 4.69) is 31.0 Å². The van der Waals surface area contributed by atoms with Crippen LogP contribution in [0.4, 0.5) is 11.5 Å². The molecule has 2 aliphatic heterocycles. The van der Waals surface area contributed by atoms with Crippen molar-refractivity contribution in [2.45, 2.75) is 38.6 Å². The van der Waals surface area contributed by atoms with E-state index in [-0.39, 0.29) is 24.0 Å². The number of imide groups is 2. The Hall–Kier alpha value is -4.35. The highest BCUT2D eigenvalue weighted by Crippen LogP contribution is 2.32. The maximum absolute atomic E-state index is 13.1. The molecule has 1 aromatic carbocycles. The van der Waals surface area contributed by atoms with E-state index >= 15 is 0 Å². The van der Waals surface area contributed by atoms with E-state index in [9.17, 15) is 19.2 Å². The molecule has 12 nitrogen and oxygen atoms in total. The fourth-order valence-corrected chi connectivity index (χ4v) is 4.38. The maximum atomic E-state index is 13.1. The van der Waals surface area contributed by atoms with Crippen LogP contribution in [0.1, 0.15) is 52.2 Å². The number of aromatic nitrogens is 4. The summed E-state index contributed by atoms with van der Waals surface area (Å²) in [5, 5.41) is 13.1. The minimum absolute atomic E-state index is 0.0878. The zero-order valence-electron chi connectivity index (χ0n) is 19.1. The molecule has 3 aromatic rings. The van der Waals surface area contributed by atoms with Gasteiger partial charge >= 0.3 is 0 Å². The van der Waals surface area contributed by atoms with Gasteiger partial charge in [-0.25, -0.2) is 4.98 Å². The summed E-state index contributed by atoms with van der Waals surface area (Å²) in [4.78, 5) is 59.2. The van der Waals surface area contributed by atoms with Gasteiger partial charge in [-0.15, -0.1) is 5.10 Å². The third kappa shape index (κ3) is 4.18. The molecule has 1 atom stereocenters. The summed E-state index contributed by atoms with van der Waals surface area (Å²) in [6, 6.07) is 5.89. The van der Waals surface area contributed by atoms with E-state index in [0.29, 0.717) is 30.4 Å². The lowest BCUT2D eigenvalue weighted by Crippen LogP contribution is -2.54. The first kappa shape index (κ1) is 22.4. The molecular weight excluding hydrogens is 452 g/mol. The third-order valence-corrected chi connectivity index (χ3v) is 6.04. The molecule has 0 saturated carbocycles. The molecule has 35 heavy (non-hydrogen) atoms. The van der Waals surface area contributed by atoms with Crippen LogP contribution >= 0.6 is 0 Å². The van der Waals surface area contributed by atoms with Crippen molar-refractivity contribution in [2.75, 3.05) is 23.7 Å². The van der Waals surface area contributed by atoms with Gasteiger partial charge in [0.1, 0.15) is 17.7 Å². The van der Waals surface area contributed by atoms with Crippen LogP contribution in [-0.4, -0.2) is 67.2 Å². The number of anilines is 2. The molecule has 0 radical (unpaired) electrons. The number of carbonyl (C=O) groups is 4. The van der Waals surface area contributed by atoms with Crippen molar-refractivity contribution in [3.63, 3.8) is 0 Å². The predicted octanol–water partition coefficient (Wildman–Crippen LogP) is 1.14. The van der Waals surface area contributed by atoms with E-state index < -0.39 is 29.7 Å². The number of aryl methyl sites for hydroxylation is 1. The van der Waals surface area contributed by atoms with Crippen LogP contribution in [0.3, 0.4) is 0 Å². The molecule has 2 aromatic heterocycles. The zero-order valence-corrected chi connectivity index (χ0v) is 19.1. The number of unbranched alkanes of at least 4 members (excludes halogenated alkanes) is 1. The summed E-state index contributed by atoms with van der Waals surface area (Å²) in [5.41, 5.74) is 1.08. The van der Waals surface area contributed by atoms with Gasteiger partial charge in [0.2, 0.25) is 11.8 Å². The van der Waals surface area contributed by atoms with Gasteiger partial charge in [0.05, 0.1) is 11.1 Å². The number of hydrogen-bond acceptors (Lipinski definition) is 9. The average molecular weight is 476 g/mol. The van der Waals surface area contributed by atoms with Crippen LogP contribution in [0.5, 0.6) is 0 Å². The SMILES string of the molecule is Cc1nc2nccc(NCCCCNc3cccc4c3C(=O)N(C3CCC(=O)NC3=O)C4=O)n2n1. The van der Waals surface area contributed by atoms with Crippen molar-refractivity contribution in [1.29, 1.82) is 0 Å². The molecule has 0 bridgehead atoms. The highest BCUT2D eigenvalue weighted by molar-refractivity contribution is 6.25. The molecule has 4 heterocycles. The Morgan fingerprint density at radius 2 is 1.86 bits per heavy atom. The van der Waals surface area contributed by atoms with Gasteiger partial charge in [0, 0.05) is 31.4 Å². The highest BCUT2D eigenvalue weighted by atomic mass is 16.2. The molecule has 3 N–H and O–H groups in total.